The van der Waals surface area contributed by atoms with Crippen LogP contribution in [0.1, 0.15) is 24.8 Å². The maximum absolute atomic E-state index is 11.7. The van der Waals surface area contributed by atoms with Crippen LogP contribution in [0.3, 0.4) is 0 Å². The van der Waals surface area contributed by atoms with Crippen molar-refractivity contribution >= 4 is 33.4 Å². The molecule has 2 rings (SSSR count). The minimum atomic E-state index is 0.0179. The van der Waals surface area contributed by atoms with Crippen molar-refractivity contribution in [3.63, 3.8) is 0 Å². The van der Waals surface area contributed by atoms with Crippen molar-refractivity contribution in [1.82, 2.24) is 5.32 Å². The first-order chi connectivity index (χ1) is 9.19. The zero-order chi connectivity index (χ0) is 13.7. The Kier molecular flexibility index (Phi) is 4.96. The fourth-order valence-electron chi connectivity index (χ4n) is 1.72. The van der Waals surface area contributed by atoms with E-state index in [2.05, 4.69) is 26.6 Å². The average Bonchev–Trinajstić information content (AvgIpc) is 3.21. The first-order valence-corrected chi connectivity index (χ1v) is 7.53. The van der Waals surface area contributed by atoms with Gasteiger partial charge in [0.15, 0.2) is 0 Å². The molecule has 0 radical (unpaired) electrons. The van der Waals surface area contributed by atoms with Gasteiger partial charge in [-0.3, -0.25) is 9.59 Å². The zero-order valence-electron chi connectivity index (χ0n) is 10.6. The first kappa shape index (κ1) is 14.1. The highest BCUT2D eigenvalue weighted by atomic mass is 79.9. The van der Waals surface area contributed by atoms with Gasteiger partial charge in [-0.2, -0.15) is 0 Å². The van der Waals surface area contributed by atoms with Crippen LogP contribution in [0.2, 0.25) is 0 Å². The predicted molar refractivity (Wildman–Crippen MR) is 78.1 cm³/mol. The molecule has 1 aliphatic rings. The third kappa shape index (κ3) is 4.67. The van der Waals surface area contributed by atoms with Crippen molar-refractivity contribution in [3.05, 3.63) is 29.8 Å². The van der Waals surface area contributed by atoms with E-state index in [1.165, 1.54) is 0 Å². The number of amides is 2. The normalized spacial score (nSPS) is 13.9. The Bertz CT molecular complexity index is 472. The van der Waals surface area contributed by atoms with E-state index in [9.17, 15) is 9.59 Å². The zero-order valence-corrected chi connectivity index (χ0v) is 12.2. The van der Waals surface area contributed by atoms with Crippen LogP contribution < -0.4 is 10.6 Å². The van der Waals surface area contributed by atoms with Crippen molar-refractivity contribution in [2.75, 3.05) is 10.6 Å². The van der Waals surface area contributed by atoms with Gasteiger partial charge in [0.1, 0.15) is 0 Å². The van der Waals surface area contributed by atoms with Gasteiger partial charge in [-0.15, -0.1) is 0 Å². The summed E-state index contributed by atoms with van der Waals surface area (Å²) in [5.74, 6) is 0.312. The summed E-state index contributed by atoms with van der Waals surface area (Å²) in [7, 11) is 0. The number of anilines is 1. The summed E-state index contributed by atoms with van der Waals surface area (Å²) in [6.45, 7) is 0.485. The lowest BCUT2D eigenvalue weighted by Gasteiger charge is -2.08. The van der Waals surface area contributed by atoms with Crippen LogP contribution in [0.5, 0.6) is 0 Å². The predicted octanol–water partition coefficient (Wildman–Crippen LogP) is 2.44. The van der Waals surface area contributed by atoms with Crippen LogP contribution in [0, 0.1) is 5.92 Å². The lowest BCUT2D eigenvalue weighted by Crippen LogP contribution is -2.22. The molecule has 0 bridgehead atoms. The fourth-order valence-corrected chi connectivity index (χ4v) is 2.08. The second-order valence-corrected chi connectivity index (χ2v) is 5.47. The smallest absolute Gasteiger partial charge is 0.227 e. The van der Waals surface area contributed by atoms with E-state index in [4.69, 9.17) is 0 Å². The number of alkyl halides is 1. The van der Waals surface area contributed by atoms with E-state index in [1.807, 2.05) is 24.3 Å². The maximum Gasteiger partial charge on any atom is 0.227 e. The molecule has 1 saturated carbocycles. The number of benzene rings is 1. The molecule has 1 aromatic carbocycles. The Morgan fingerprint density at radius 3 is 2.79 bits per heavy atom. The van der Waals surface area contributed by atoms with Crippen molar-refractivity contribution in [1.29, 1.82) is 0 Å². The molecule has 0 atom stereocenters. The summed E-state index contributed by atoms with van der Waals surface area (Å²) >= 11 is 3.23. The van der Waals surface area contributed by atoms with Gasteiger partial charge in [-0.25, -0.2) is 0 Å². The molecule has 0 heterocycles. The van der Waals surface area contributed by atoms with Crippen molar-refractivity contribution in [2.45, 2.75) is 25.8 Å². The molecular formula is C14H17BrN2O2. The highest BCUT2D eigenvalue weighted by Crippen LogP contribution is 2.30. The van der Waals surface area contributed by atoms with Gasteiger partial charge in [0, 0.05) is 29.9 Å². The average molecular weight is 325 g/mol. The minimum Gasteiger partial charge on any atom is -0.352 e. The minimum absolute atomic E-state index is 0.0179. The molecule has 0 unspecified atom stereocenters. The van der Waals surface area contributed by atoms with Crippen LogP contribution in [0.25, 0.3) is 0 Å². The third-order valence-electron chi connectivity index (χ3n) is 2.95. The third-order valence-corrected chi connectivity index (χ3v) is 3.35. The molecule has 0 saturated heterocycles. The van der Waals surface area contributed by atoms with E-state index in [-0.39, 0.29) is 17.7 Å². The summed E-state index contributed by atoms with van der Waals surface area (Å²) in [4.78, 5) is 23.0. The molecule has 5 heteroatoms. The van der Waals surface area contributed by atoms with Gasteiger partial charge < -0.3 is 10.6 Å². The summed E-state index contributed by atoms with van der Waals surface area (Å²) in [6, 6.07) is 7.58. The number of hydrogen-bond donors (Lipinski definition) is 2. The molecule has 1 aromatic rings. The Balaban J connectivity index is 1.87. The standard InChI is InChI=1S/C14H17BrN2O2/c15-7-6-13(18)16-9-10-2-1-3-12(8-10)17-14(19)11-4-5-11/h1-3,8,11H,4-7,9H2,(H,16,18)(H,17,19). The summed E-state index contributed by atoms with van der Waals surface area (Å²) in [5, 5.41) is 6.39. The van der Waals surface area contributed by atoms with E-state index < -0.39 is 0 Å². The summed E-state index contributed by atoms with van der Waals surface area (Å²) in [6.07, 6.45) is 2.46. The Labute approximate surface area is 121 Å². The van der Waals surface area contributed by atoms with Crippen LogP contribution in [-0.4, -0.2) is 17.1 Å². The van der Waals surface area contributed by atoms with E-state index in [1.54, 1.807) is 0 Å². The van der Waals surface area contributed by atoms with Crippen LogP contribution in [0.4, 0.5) is 5.69 Å². The molecule has 102 valence electrons. The highest BCUT2D eigenvalue weighted by molar-refractivity contribution is 9.09. The molecule has 19 heavy (non-hydrogen) atoms. The van der Waals surface area contributed by atoms with Crippen molar-refractivity contribution in [2.24, 2.45) is 5.92 Å². The summed E-state index contributed by atoms with van der Waals surface area (Å²) in [5.41, 5.74) is 1.78. The van der Waals surface area contributed by atoms with Crippen molar-refractivity contribution in [3.8, 4) is 0 Å². The van der Waals surface area contributed by atoms with Crippen LogP contribution in [0.15, 0.2) is 24.3 Å². The van der Waals surface area contributed by atoms with E-state index >= 15 is 0 Å². The molecular weight excluding hydrogens is 308 g/mol. The molecule has 1 aliphatic carbocycles. The molecule has 2 N–H and O–H groups in total. The van der Waals surface area contributed by atoms with Gasteiger partial charge in [0.25, 0.3) is 0 Å². The Hall–Kier alpha value is -1.36. The molecule has 0 aliphatic heterocycles. The molecule has 0 aromatic heterocycles. The largest absolute Gasteiger partial charge is 0.352 e. The summed E-state index contributed by atoms with van der Waals surface area (Å²) < 4.78 is 0. The van der Waals surface area contributed by atoms with Gasteiger partial charge >= 0.3 is 0 Å². The second kappa shape index (κ2) is 6.70. The Morgan fingerprint density at radius 1 is 1.32 bits per heavy atom. The lowest BCUT2D eigenvalue weighted by atomic mass is 10.2. The quantitative estimate of drug-likeness (QED) is 0.789. The van der Waals surface area contributed by atoms with Gasteiger partial charge in [-0.1, -0.05) is 28.1 Å². The number of hydrogen-bond acceptors (Lipinski definition) is 2. The van der Waals surface area contributed by atoms with Crippen molar-refractivity contribution < 1.29 is 9.59 Å². The van der Waals surface area contributed by atoms with E-state index in [0.717, 1.165) is 24.1 Å². The molecule has 0 spiro atoms. The topological polar surface area (TPSA) is 58.2 Å². The van der Waals surface area contributed by atoms with Gasteiger partial charge in [-0.05, 0) is 30.5 Å². The molecule has 4 nitrogen and oxygen atoms in total. The maximum atomic E-state index is 11.7. The second-order valence-electron chi connectivity index (χ2n) is 4.68. The molecule has 1 fully saturated rings. The number of rotatable bonds is 6. The fraction of sp³-hybridized carbons (Fsp3) is 0.429. The number of halogens is 1. The van der Waals surface area contributed by atoms with Crippen LogP contribution >= 0.6 is 15.9 Å². The molecule has 2 amide bonds. The highest BCUT2D eigenvalue weighted by Gasteiger charge is 2.29. The number of carbonyl (C=O) groups excluding carboxylic acids is 2. The monoisotopic (exact) mass is 324 g/mol. The van der Waals surface area contributed by atoms with Gasteiger partial charge in [0.2, 0.25) is 11.8 Å². The van der Waals surface area contributed by atoms with Gasteiger partial charge in [0.05, 0.1) is 0 Å². The SMILES string of the molecule is O=C(CCBr)NCc1cccc(NC(=O)C2CC2)c1. The van der Waals surface area contributed by atoms with E-state index in [0.29, 0.717) is 18.3 Å². The Morgan fingerprint density at radius 2 is 2.11 bits per heavy atom. The number of nitrogens with one attached hydrogen (secondary N) is 2. The number of carbonyl (C=O) groups is 2. The van der Waals surface area contributed by atoms with Crippen LogP contribution in [-0.2, 0) is 16.1 Å². The first-order valence-electron chi connectivity index (χ1n) is 6.41. The lowest BCUT2D eigenvalue weighted by molar-refractivity contribution is -0.121.